The van der Waals surface area contributed by atoms with Crippen molar-refractivity contribution in [1.82, 2.24) is 19.6 Å². The van der Waals surface area contributed by atoms with Crippen LogP contribution in [-0.2, 0) is 13.1 Å². The zero-order chi connectivity index (χ0) is 11.4. The minimum atomic E-state index is 0.987. The highest BCUT2D eigenvalue weighted by Gasteiger charge is 1.97. The molecule has 0 bridgehead atoms. The fraction of sp³-hybridized carbons (Fsp3) is 0.400. The van der Waals surface area contributed by atoms with Gasteiger partial charge in [0.25, 0.3) is 0 Å². The summed E-state index contributed by atoms with van der Waals surface area (Å²) >= 11 is 4.55. The maximum absolute atomic E-state index is 4.25. The highest BCUT2D eigenvalue weighted by atomic mass is 127. The van der Waals surface area contributed by atoms with Gasteiger partial charge in [0.15, 0.2) is 0 Å². The van der Waals surface area contributed by atoms with Gasteiger partial charge in [-0.05, 0) is 58.0 Å². The average Bonchev–Trinajstić information content (AvgIpc) is 2.83. The van der Waals surface area contributed by atoms with E-state index in [1.165, 1.54) is 7.14 Å². The number of rotatable bonds is 5. The Morgan fingerprint density at radius 1 is 0.875 bits per heavy atom. The van der Waals surface area contributed by atoms with E-state index < -0.39 is 0 Å². The van der Waals surface area contributed by atoms with Crippen molar-refractivity contribution < 1.29 is 0 Å². The van der Waals surface area contributed by atoms with Crippen LogP contribution in [0.25, 0.3) is 0 Å². The van der Waals surface area contributed by atoms with Crippen LogP contribution in [-0.4, -0.2) is 19.6 Å². The second-order valence-corrected chi connectivity index (χ2v) is 6.04. The molecule has 0 saturated carbocycles. The van der Waals surface area contributed by atoms with Gasteiger partial charge >= 0.3 is 0 Å². The third kappa shape index (κ3) is 3.72. The highest BCUT2D eigenvalue weighted by molar-refractivity contribution is 14.1. The van der Waals surface area contributed by atoms with Gasteiger partial charge in [-0.15, -0.1) is 0 Å². The lowest BCUT2D eigenvalue weighted by atomic mass is 10.3. The van der Waals surface area contributed by atoms with Gasteiger partial charge in [-0.2, -0.15) is 10.2 Å². The van der Waals surface area contributed by atoms with Crippen molar-refractivity contribution in [1.29, 1.82) is 0 Å². The number of halogens is 2. The van der Waals surface area contributed by atoms with Gasteiger partial charge < -0.3 is 0 Å². The molecule has 0 atom stereocenters. The first-order valence-electron chi connectivity index (χ1n) is 5.10. The number of nitrogens with zero attached hydrogens (tertiary/aromatic N) is 4. The van der Waals surface area contributed by atoms with Gasteiger partial charge in [-0.1, -0.05) is 0 Å². The highest BCUT2D eigenvalue weighted by Crippen LogP contribution is 2.05. The fourth-order valence-corrected chi connectivity index (χ4v) is 2.36. The summed E-state index contributed by atoms with van der Waals surface area (Å²) in [6, 6.07) is 0. The summed E-state index contributed by atoms with van der Waals surface area (Å²) in [5.74, 6) is 0. The molecule has 0 aromatic carbocycles. The molecule has 0 aliphatic rings. The molecule has 0 spiro atoms. The number of aromatic nitrogens is 4. The molecule has 0 radical (unpaired) electrons. The van der Waals surface area contributed by atoms with Crippen molar-refractivity contribution >= 4 is 45.2 Å². The second-order valence-electron chi connectivity index (χ2n) is 3.55. The Balaban J connectivity index is 1.69. The predicted octanol–water partition coefficient (Wildman–Crippen LogP) is 2.77. The molecule has 0 N–H and O–H groups in total. The molecule has 2 rings (SSSR count). The van der Waals surface area contributed by atoms with Crippen molar-refractivity contribution in [3.05, 3.63) is 31.9 Å². The number of aryl methyl sites for hydroxylation is 2. The summed E-state index contributed by atoms with van der Waals surface area (Å²) < 4.78 is 6.38. The Kier molecular flexibility index (Phi) is 4.62. The summed E-state index contributed by atoms with van der Waals surface area (Å²) in [6.07, 6.45) is 10.2. The molecule has 16 heavy (non-hydrogen) atoms. The van der Waals surface area contributed by atoms with Gasteiger partial charge in [0.05, 0.1) is 19.5 Å². The van der Waals surface area contributed by atoms with Crippen LogP contribution in [0.5, 0.6) is 0 Å². The van der Waals surface area contributed by atoms with E-state index >= 15 is 0 Å². The van der Waals surface area contributed by atoms with E-state index in [9.17, 15) is 0 Å². The topological polar surface area (TPSA) is 35.6 Å². The lowest BCUT2D eigenvalue weighted by Crippen LogP contribution is -2.02. The van der Waals surface area contributed by atoms with Gasteiger partial charge in [0.2, 0.25) is 0 Å². The standard InChI is InChI=1S/C10H12I2N4/c11-9-5-13-15(7-9)3-1-2-4-16-8-10(12)6-14-16/h5-8H,1-4H2. The first-order valence-corrected chi connectivity index (χ1v) is 7.26. The molecule has 6 heteroatoms. The smallest absolute Gasteiger partial charge is 0.0623 e. The largest absolute Gasteiger partial charge is 0.272 e. The van der Waals surface area contributed by atoms with Crippen LogP contribution in [0.1, 0.15) is 12.8 Å². The molecule has 4 nitrogen and oxygen atoms in total. The normalized spacial score (nSPS) is 10.9. The zero-order valence-electron chi connectivity index (χ0n) is 8.68. The summed E-state index contributed by atoms with van der Waals surface area (Å²) in [6.45, 7) is 1.97. The number of hydrogen-bond acceptors (Lipinski definition) is 2. The van der Waals surface area contributed by atoms with E-state index in [0.29, 0.717) is 0 Å². The van der Waals surface area contributed by atoms with Crippen molar-refractivity contribution in [3.8, 4) is 0 Å². The van der Waals surface area contributed by atoms with E-state index in [0.717, 1.165) is 25.9 Å². The molecular formula is C10H12I2N4. The number of hydrogen-bond donors (Lipinski definition) is 0. The number of unbranched alkanes of at least 4 members (excludes halogenated alkanes) is 1. The molecule has 0 aliphatic heterocycles. The van der Waals surface area contributed by atoms with Gasteiger partial charge in [0, 0.05) is 25.5 Å². The Labute approximate surface area is 122 Å². The summed E-state index contributed by atoms with van der Waals surface area (Å²) in [7, 11) is 0. The van der Waals surface area contributed by atoms with Crippen LogP contribution >= 0.6 is 45.2 Å². The van der Waals surface area contributed by atoms with E-state index in [1.807, 2.05) is 21.8 Å². The molecule has 2 heterocycles. The van der Waals surface area contributed by atoms with Crippen LogP contribution in [0.4, 0.5) is 0 Å². The van der Waals surface area contributed by atoms with E-state index in [4.69, 9.17) is 0 Å². The average molecular weight is 442 g/mol. The molecule has 2 aromatic heterocycles. The maximum atomic E-state index is 4.25. The molecule has 0 unspecified atom stereocenters. The Hall–Kier alpha value is -0.120. The molecule has 0 amide bonds. The zero-order valence-corrected chi connectivity index (χ0v) is 13.0. The maximum Gasteiger partial charge on any atom is 0.0623 e. The van der Waals surface area contributed by atoms with Crippen molar-refractivity contribution in [2.24, 2.45) is 0 Å². The second kappa shape index (κ2) is 5.99. The molecular weight excluding hydrogens is 430 g/mol. The molecule has 86 valence electrons. The van der Waals surface area contributed by atoms with Crippen LogP contribution in [0, 0.1) is 7.14 Å². The molecule has 2 aromatic rings. The molecule has 0 aliphatic carbocycles. The van der Waals surface area contributed by atoms with Gasteiger partial charge in [0.1, 0.15) is 0 Å². The summed E-state index contributed by atoms with van der Waals surface area (Å²) in [5, 5.41) is 8.50. The minimum absolute atomic E-state index is 0.987. The SMILES string of the molecule is Ic1cnn(CCCCn2cc(I)cn2)c1. The monoisotopic (exact) mass is 442 g/mol. The quantitative estimate of drug-likeness (QED) is 0.528. The summed E-state index contributed by atoms with van der Waals surface area (Å²) in [5.41, 5.74) is 0. The minimum Gasteiger partial charge on any atom is -0.272 e. The van der Waals surface area contributed by atoms with Gasteiger partial charge in [-0.3, -0.25) is 9.36 Å². The van der Waals surface area contributed by atoms with Crippen LogP contribution < -0.4 is 0 Å². The van der Waals surface area contributed by atoms with Crippen LogP contribution in [0.15, 0.2) is 24.8 Å². The Morgan fingerprint density at radius 2 is 1.31 bits per heavy atom. The first kappa shape index (κ1) is 12.3. The van der Waals surface area contributed by atoms with E-state index in [1.54, 1.807) is 0 Å². The molecule has 0 fully saturated rings. The lowest BCUT2D eigenvalue weighted by molar-refractivity contribution is 0.501. The molecule has 0 saturated heterocycles. The Morgan fingerprint density at radius 3 is 1.62 bits per heavy atom. The van der Waals surface area contributed by atoms with Crippen molar-refractivity contribution in [3.63, 3.8) is 0 Å². The predicted molar refractivity (Wildman–Crippen MR) is 79.1 cm³/mol. The third-order valence-corrected chi connectivity index (χ3v) is 3.34. The Bertz CT molecular complexity index is 407. The van der Waals surface area contributed by atoms with E-state index in [2.05, 4.69) is 67.8 Å². The summed E-state index contributed by atoms with van der Waals surface area (Å²) in [4.78, 5) is 0. The third-order valence-electron chi connectivity index (χ3n) is 2.23. The van der Waals surface area contributed by atoms with Crippen LogP contribution in [0.3, 0.4) is 0 Å². The van der Waals surface area contributed by atoms with E-state index in [-0.39, 0.29) is 0 Å². The van der Waals surface area contributed by atoms with Crippen molar-refractivity contribution in [2.45, 2.75) is 25.9 Å². The van der Waals surface area contributed by atoms with Crippen molar-refractivity contribution in [2.75, 3.05) is 0 Å². The fourth-order valence-electron chi connectivity index (χ4n) is 1.47. The lowest BCUT2D eigenvalue weighted by Gasteiger charge is -2.02. The van der Waals surface area contributed by atoms with Gasteiger partial charge in [-0.25, -0.2) is 0 Å². The van der Waals surface area contributed by atoms with Crippen LogP contribution in [0.2, 0.25) is 0 Å². The first-order chi connectivity index (χ1) is 7.74.